The molecule has 3 aromatic carbocycles. The van der Waals surface area contributed by atoms with Gasteiger partial charge in [-0.1, -0.05) is 56.3 Å². The number of carboxylic acids is 1. The Morgan fingerprint density at radius 3 is 2.18 bits per heavy atom. The number of amides is 2. The molecule has 2 aliphatic heterocycles. The summed E-state index contributed by atoms with van der Waals surface area (Å²) in [5.74, 6) is -6.23. The van der Waals surface area contributed by atoms with Crippen molar-refractivity contribution < 1.29 is 42.3 Å². The van der Waals surface area contributed by atoms with E-state index in [0.29, 0.717) is 35.2 Å². The van der Waals surface area contributed by atoms with E-state index in [-0.39, 0.29) is 17.7 Å². The normalized spacial score (nSPS) is 23.1. The van der Waals surface area contributed by atoms with E-state index in [9.17, 15) is 42.8 Å². The summed E-state index contributed by atoms with van der Waals surface area (Å²) in [5.41, 5.74) is -0.0842. The number of aryl methyl sites for hydroxylation is 2. The van der Waals surface area contributed by atoms with Gasteiger partial charge in [0.25, 0.3) is 5.69 Å². The summed E-state index contributed by atoms with van der Waals surface area (Å²) in [6.45, 7) is 3.72. The van der Waals surface area contributed by atoms with Crippen molar-refractivity contribution >= 4 is 29.2 Å². The van der Waals surface area contributed by atoms with Crippen LogP contribution in [-0.4, -0.2) is 39.7 Å². The number of benzene rings is 3. The zero-order chi connectivity index (χ0) is 32.0. The zero-order valence-corrected chi connectivity index (χ0v) is 23.6. The standard InChI is InChI=1S/C31H28F3N3O7/c1-3-18-7-5-8-19(4-2)26(18)36-27(38)23-24(28(36)39)30(29(40)41,16-17-11-13-21(14-12-17)37(42)43)35-25(23)20-9-6-10-22(15-20)44-31(32,33)34/h5-15,23-25,35H,3-4,16H2,1-2H3,(H,40,41). The Bertz CT molecular complexity index is 1620. The first-order valence-corrected chi connectivity index (χ1v) is 13.9. The Hall–Kier alpha value is -4.78. The number of anilines is 1. The van der Waals surface area contributed by atoms with E-state index >= 15 is 0 Å². The number of aliphatic carboxylic acids is 1. The van der Waals surface area contributed by atoms with Gasteiger partial charge >= 0.3 is 12.3 Å². The quantitative estimate of drug-likeness (QED) is 0.193. The number of ether oxygens (including phenoxy) is 1. The largest absolute Gasteiger partial charge is 0.573 e. The third-order valence-electron chi connectivity index (χ3n) is 8.31. The number of hydrogen-bond acceptors (Lipinski definition) is 7. The van der Waals surface area contributed by atoms with Gasteiger partial charge in [0.05, 0.1) is 22.4 Å². The Morgan fingerprint density at radius 1 is 1.02 bits per heavy atom. The monoisotopic (exact) mass is 611 g/mol. The predicted molar refractivity (Wildman–Crippen MR) is 151 cm³/mol. The lowest BCUT2D eigenvalue weighted by Gasteiger charge is -2.32. The molecule has 2 fully saturated rings. The highest BCUT2D eigenvalue weighted by Gasteiger charge is 2.69. The van der Waals surface area contributed by atoms with Crippen LogP contribution in [-0.2, 0) is 33.6 Å². The van der Waals surface area contributed by atoms with Crippen molar-refractivity contribution in [2.45, 2.75) is 51.1 Å². The molecule has 0 saturated carbocycles. The molecule has 2 heterocycles. The third kappa shape index (κ3) is 5.27. The Balaban J connectivity index is 1.68. The molecule has 10 nitrogen and oxygen atoms in total. The van der Waals surface area contributed by atoms with E-state index in [1.165, 1.54) is 36.4 Å². The number of carboxylic acid groups (broad SMARTS) is 1. The molecule has 13 heteroatoms. The van der Waals surface area contributed by atoms with Crippen LogP contribution in [0.15, 0.2) is 66.7 Å². The van der Waals surface area contributed by atoms with Gasteiger partial charge in [-0.2, -0.15) is 0 Å². The van der Waals surface area contributed by atoms with Crippen molar-refractivity contribution in [3.05, 3.63) is 99.1 Å². The van der Waals surface area contributed by atoms with E-state index in [1.807, 2.05) is 13.8 Å². The summed E-state index contributed by atoms with van der Waals surface area (Å²) in [7, 11) is 0. The Labute approximate surface area is 249 Å². The average Bonchev–Trinajstić information content (AvgIpc) is 3.45. The molecular weight excluding hydrogens is 583 g/mol. The third-order valence-corrected chi connectivity index (χ3v) is 8.31. The number of nitro groups is 1. The molecule has 0 aromatic heterocycles. The number of imide groups is 1. The maximum Gasteiger partial charge on any atom is 0.573 e. The first-order valence-electron chi connectivity index (χ1n) is 13.9. The van der Waals surface area contributed by atoms with Gasteiger partial charge in [0.1, 0.15) is 11.3 Å². The fourth-order valence-electron chi connectivity index (χ4n) is 6.41. The van der Waals surface area contributed by atoms with Gasteiger partial charge in [-0.3, -0.25) is 29.8 Å². The number of carbonyl (C=O) groups excluding carboxylic acids is 2. The second kappa shape index (κ2) is 11.4. The van der Waals surface area contributed by atoms with Crippen LogP contribution in [0.4, 0.5) is 24.5 Å². The van der Waals surface area contributed by atoms with Crippen LogP contribution in [0.3, 0.4) is 0 Å². The fourth-order valence-corrected chi connectivity index (χ4v) is 6.41. The van der Waals surface area contributed by atoms with E-state index in [4.69, 9.17) is 0 Å². The van der Waals surface area contributed by atoms with Gasteiger partial charge in [-0.15, -0.1) is 13.2 Å². The van der Waals surface area contributed by atoms with Crippen LogP contribution in [0, 0.1) is 22.0 Å². The average molecular weight is 612 g/mol. The number of fused-ring (bicyclic) bond motifs is 1. The van der Waals surface area contributed by atoms with Crippen LogP contribution >= 0.6 is 0 Å². The summed E-state index contributed by atoms with van der Waals surface area (Å²) in [6, 6.07) is 14.1. The fraction of sp³-hybridized carbons (Fsp3) is 0.323. The van der Waals surface area contributed by atoms with Crippen molar-refractivity contribution in [2.75, 3.05) is 4.90 Å². The number of hydrogen-bond donors (Lipinski definition) is 2. The SMILES string of the molecule is CCc1cccc(CC)c1N1C(=O)C2C(c3cccc(OC(F)(F)F)c3)NC(Cc3ccc([N+](=O)[O-])cc3)(C(=O)O)C2C1=O. The van der Waals surface area contributed by atoms with E-state index in [2.05, 4.69) is 10.1 Å². The maximum atomic E-state index is 14.4. The molecule has 3 aromatic rings. The van der Waals surface area contributed by atoms with Crippen molar-refractivity contribution in [2.24, 2.45) is 11.8 Å². The number of carbonyl (C=O) groups is 3. The van der Waals surface area contributed by atoms with Crippen molar-refractivity contribution in [3.63, 3.8) is 0 Å². The highest BCUT2D eigenvalue weighted by atomic mass is 19.4. The molecule has 0 spiro atoms. The Kier molecular flexibility index (Phi) is 7.93. The molecule has 2 N–H and O–H groups in total. The van der Waals surface area contributed by atoms with Crippen LogP contribution in [0.1, 0.15) is 42.1 Å². The summed E-state index contributed by atoms with van der Waals surface area (Å²) < 4.78 is 43.2. The molecule has 0 radical (unpaired) electrons. The van der Waals surface area contributed by atoms with Crippen molar-refractivity contribution in [1.29, 1.82) is 0 Å². The van der Waals surface area contributed by atoms with Gasteiger partial charge in [-0.25, -0.2) is 4.90 Å². The van der Waals surface area contributed by atoms with Crippen LogP contribution in [0.5, 0.6) is 5.75 Å². The molecule has 44 heavy (non-hydrogen) atoms. The molecule has 0 bridgehead atoms. The van der Waals surface area contributed by atoms with Gasteiger partial charge < -0.3 is 9.84 Å². The minimum Gasteiger partial charge on any atom is -0.480 e. The smallest absolute Gasteiger partial charge is 0.480 e. The van der Waals surface area contributed by atoms with Gasteiger partial charge in [0.2, 0.25) is 11.8 Å². The lowest BCUT2D eigenvalue weighted by Crippen LogP contribution is -2.57. The Morgan fingerprint density at radius 2 is 1.64 bits per heavy atom. The van der Waals surface area contributed by atoms with Gasteiger partial charge in [0, 0.05) is 24.6 Å². The minimum absolute atomic E-state index is 0.121. The van der Waals surface area contributed by atoms with E-state index in [1.54, 1.807) is 18.2 Å². The molecule has 2 aliphatic rings. The number of rotatable bonds is 9. The summed E-state index contributed by atoms with van der Waals surface area (Å²) in [5, 5.41) is 24.9. The maximum absolute atomic E-state index is 14.4. The predicted octanol–water partition coefficient (Wildman–Crippen LogP) is 5.13. The highest BCUT2D eigenvalue weighted by molar-refractivity contribution is 6.25. The molecule has 5 rings (SSSR count). The number of nitro benzene ring substituents is 1. The summed E-state index contributed by atoms with van der Waals surface area (Å²) >= 11 is 0. The summed E-state index contributed by atoms with van der Waals surface area (Å²) in [4.78, 5) is 53.4. The zero-order valence-electron chi connectivity index (χ0n) is 23.6. The molecule has 4 unspecified atom stereocenters. The molecule has 4 atom stereocenters. The van der Waals surface area contributed by atoms with Gasteiger partial charge in [-0.05, 0) is 47.2 Å². The molecule has 2 amide bonds. The van der Waals surface area contributed by atoms with E-state index < -0.39 is 58.2 Å². The highest BCUT2D eigenvalue weighted by Crippen LogP contribution is 2.52. The first kappa shape index (κ1) is 30.7. The number of nitrogens with zero attached hydrogens (tertiary/aromatic N) is 2. The number of nitrogens with one attached hydrogen (secondary N) is 1. The van der Waals surface area contributed by atoms with Crippen molar-refractivity contribution in [1.82, 2.24) is 5.32 Å². The topological polar surface area (TPSA) is 139 Å². The molecule has 0 aliphatic carbocycles. The summed E-state index contributed by atoms with van der Waals surface area (Å²) in [6.07, 6.45) is -4.40. The lowest BCUT2D eigenvalue weighted by atomic mass is 9.76. The van der Waals surface area contributed by atoms with E-state index in [0.717, 1.165) is 17.0 Å². The van der Waals surface area contributed by atoms with Crippen molar-refractivity contribution in [3.8, 4) is 5.75 Å². The second-order valence-corrected chi connectivity index (χ2v) is 10.8. The first-order chi connectivity index (χ1) is 20.8. The molecule has 230 valence electrons. The minimum atomic E-state index is -5.00. The second-order valence-electron chi connectivity index (χ2n) is 10.8. The van der Waals surface area contributed by atoms with Crippen LogP contribution in [0.2, 0.25) is 0 Å². The number of alkyl halides is 3. The van der Waals surface area contributed by atoms with Crippen LogP contribution in [0.25, 0.3) is 0 Å². The molecular formula is C31H28F3N3O7. The molecule has 2 saturated heterocycles. The number of para-hydroxylation sites is 1. The number of halogens is 3. The number of non-ortho nitro benzene ring substituents is 1. The van der Waals surface area contributed by atoms with Crippen LogP contribution < -0.4 is 15.0 Å². The lowest BCUT2D eigenvalue weighted by molar-refractivity contribution is -0.384. The van der Waals surface area contributed by atoms with Gasteiger partial charge in [0.15, 0.2) is 0 Å².